The van der Waals surface area contributed by atoms with Crippen LogP contribution < -0.4 is 0 Å². The number of hydrogen-bond acceptors (Lipinski definition) is 2. The highest BCUT2D eigenvalue weighted by molar-refractivity contribution is 9.09. The fourth-order valence-electron chi connectivity index (χ4n) is 5.42. The van der Waals surface area contributed by atoms with Gasteiger partial charge in [0.1, 0.15) is 5.60 Å². The van der Waals surface area contributed by atoms with Crippen LogP contribution in [0.2, 0.25) is 0 Å². The second-order valence-corrected chi connectivity index (χ2v) is 9.88. The molecule has 108 valence electrons. The van der Waals surface area contributed by atoms with Crippen LogP contribution in [0.3, 0.4) is 0 Å². The van der Waals surface area contributed by atoms with E-state index in [9.17, 15) is 0 Å². The van der Waals surface area contributed by atoms with Gasteiger partial charge in [0, 0.05) is 22.1 Å². The highest BCUT2D eigenvalue weighted by Crippen LogP contribution is 2.75. The molecule has 2 heterocycles. The molecular formula is C15H22BrClO2. The summed E-state index contributed by atoms with van der Waals surface area (Å²) >= 11 is 10.6. The van der Waals surface area contributed by atoms with Crippen molar-refractivity contribution in [1.29, 1.82) is 0 Å². The molecule has 2 nitrogen and oxygen atoms in total. The van der Waals surface area contributed by atoms with Gasteiger partial charge < -0.3 is 9.47 Å². The molecular weight excluding hydrogens is 328 g/mol. The van der Waals surface area contributed by atoms with E-state index < -0.39 is 0 Å². The van der Waals surface area contributed by atoms with Gasteiger partial charge in [0.2, 0.25) is 0 Å². The van der Waals surface area contributed by atoms with Crippen LogP contribution in [0.4, 0.5) is 0 Å². The first-order valence-electron chi connectivity index (χ1n) is 7.31. The second-order valence-electron chi connectivity index (χ2n) is 7.91. The summed E-state index contributed by atoms with van der Waals surface area (Å²) in [5, 5.41) is 0. The van der Waals surface area contributed by atoms with Crippen LogP contribution in [0.1, 0.15) is 47.0 Å². The van der Waals surface area contributed by atoms with Gasteiger partial charge in [-0.3, -0.25) is 0 Å². The largest absolute Gasteiger partial charge is 0.374 e. The monoisotopic (exact) mass is 348 g/mol. The van der Waals surface area contributed by atoms with E-state index in [2.05, 4.69) is 43.6 Å². The van der Waals surface area contributed by atoms with E-state index in [4.69, 9.17) is 21.1 Å². The van der Waals surface area contributed by atoms with E-state index in [1.807, 2.05) is 0 Å². The summed E-state index contributed by atoms with van der Waals surface area (Å²) in [6, 6.07) is 0. The van der Waals surface area contributed by atoms with E-state index in [0.717, 1.165) is 19.3 Å². The standard InChI is InChI=1S/C15H22BrClO2/c1-12(2)9-5-10-14(4,19-10)15(12)6-8(16)13(3,17)7-11(15)18-9/h8-11H,5-7H2,1-4H3/t8?,9-,10?,11-,13?,14?,15?/m0/s1. The molecule has 0 radical (unpaired) electrons. The minimum absolute atomic E-state index is 0.00637. The Balaban J connectivity index is 1.85. The van der Waals surface area contributed by atoms with Crippen LogP contribution in [-0.4, -0.2) is 33.6 Å². The van der Waals surface area contributed by atoms with Crippen molar-refractivity contribution in [2.45, 2.75) is 80.6 Å². The van der Waals surface area contributed by atoms with E-state index in [-0.39, 0.29) is 27.4 Å². The molecule has 1 spiro atoms. The Labute approximate surface area is 128 Å². The third-order valence-corrected chi connectivity index (χ3v) is 8.85. The van der Waals surface area contributed by atoms with Gasteiger partial charge in [0.05, 0.1) is 23.2 Å². The van der Waals surface area contributed by atoms with Crippen molar-refractivity contribution in [1.82, 2.24) is 0 Å². The molecule has 0 aromatic carbocycles. The third-order valence-electron chi connectivity index (χ3n) is 6.83. The molecule has 0 amide bonds. The van der Waals surface area contributed by atoms with Gasteiger partial charge in [-0.05, 0) is 26.7 Å². The maximum atomic E-state index is 6.71. The molecule has 5 unspecified atom stereocenters. The normalized spacial score (nSPS) is 65.4. The molecule has 4 heteroatoms. The summed E-state index contributed by atoms with van der Waals surface area (Å²) in [5.41, 5.74) is 0.266. The average molecular weight is 350 g/mol. The number of epoxide rings is 1. The number of hydrogen-bond donors (Lipinski definition) is 0. The van der Waals surface area contributed by atoms with Crippen molar-refractivity contribution in [3.8, 4) is 0 Å². The summed E-state index contributed by atoms with van der Waals surface area (Å²) in [6.07, 6.45) is 3.97. The molecule has 4 aliphatic rings. The lowest BCUT2D eigenvalue weighted by Crippen LogP contribution is -2.62. The lowest BCUT2D eigenvalue weighted by Gasteiger charge is -2.55. The Kier molecular flexibility index (Phi) is 2.37. The molecule has 2 saturated carbocycles. The highest BCUT2D eigenvalue weighted by atomic mass is 79.9. The SMILES string of the molecule is CC1(Cl)C[C@@H]2O[C@H]3CC4OC4(C)C2(CC1Br)C3(C)C. The van der Waals surface area contributed by atoms with Crippen LogP contribution >= 0.6 is 27.5 Å². The fraction of sp³-hybridized carbons (Fsp3) is 1.00. The van der Waals surface area contributed by atoms with Crippen LogP contribution in [0.25, 0.3) is 0 Å². The first-order valence-corrected chi connectivity index (χ1v) is 8.61. The Morgan fingerprint density at radius 1 is 1.05 bits per heavy atom. The predicted octanol–water partition coefficient (Wildman–Crippen LogP) is 3.88. The van der Waals surface area contributed by atoms with E-state index in [1.165, 1.54) is 0 Å². The van der Waals surface area contributed by atoms with Crippen LogP contribution in [0.15, 0.2) is 0 Å². The zero-order chi connectivity index (χ0) is 13.8. The number of halogens is 2. The molecule has 4 fully saturated rings. The lowest BCUT2D eigenvalue weighted by atomic mass is 9.47. The second kappa shape index (κ2) is 3.37. The molecule has 0 aromatic rings. The van der Waals surface area contributed by atoms with E-state index in [1.54, 1.807) is 0 Å². The first kappa shape index (κ1) is 13.4. The smallest absolute Gasteiger partial charge is 0.101 e. The van der Waals surface area contributed by atoms with Crippen LogP contribution in [0, 0.1) is 10.8 Å². The molecule has 4 rings (SSSR count). The van der Waals surface area contributed by atoms with Crippen LogP contribution in [-0.2, 0) is 9.47 Å². The Morgan fingerprint density at radius 2 is 1.74 bits per heavy atom. The summed E-state index contributed by atoms with van der Waals surface area (Å²) < 4.78 is 12.6. The predicted molar refractivity (Wildman–Crippen MR) is 79.0 cm³/mol. The van der Waals surface area contributed by atoms with Gasteiger partial charge in [-0.1, -0.05) is 29.8 Å². The molecule has 0 N–H and O–H groups in total. The first-order chi connectivity index (χ1) is 8.65. The quantitative estimate of drug-likeness (QED) is 0.489. The van der Waals surface area contributed by atoms with Crippen molar-refractivity contribution in [3.63, 3.8) is 0 Å². The summed E-state index contributed by atoms with van der Waals surface area (Å²) in [5.74, 6) is 0. The number of fused-ring (bicyclic) bond motifs is 2. The number of ether oxygens (including phenoxy) is 2. The molecule has 7 atom stereocenters. The average Bonchev–Trinajstić information content (AvgIpc) is 2.88. The molecule has 0 aromatic heterocycles. The minimum Gasteiger partial charge on any atom is -0.374 e. The van der Waals surface area contributed by atoms with Gasteiger partial charge in [-0.15, -0.1) is 11.6 Å². The summed E-state index contributed by atoms with van der Waals surface area (Å²) in [4.78, 5) is 0.101. The zero-order valence-corrected chi connectivity index (χ0v) is 14.3. The molecule has 2 bridgehead atoms. The van der Waals surface area contributed by atoms with Gasteiger partial charge in [0.25, 0.3) is 0 Å². The van der Waals surface area contributed by atoms with Crippen molar-refractivity contribution in [3.05, 3.63) is 0 Å². The number of alkyl halides is 2. The van der Waals surface area contributed by atoms with Crippen molar-refractivity contribution in [2.75, 3.05) is 0 Å². The van der Waals surface area contributed by atoms with Crippen LogP contribution in [0.5, 0.6) is 0 Å². The van der Waals surface area contributed by atoms with Gasteiger partial charge >= 0.3 is 0 Å². The molecule has 2 aliphatic carbocycles. The zero-order valence-electron chi connectivity index (χ0n) is 12.0. The maximum Gasteiger partial charge on any atom is 0.101 e. The van der Waals surface area contributed by atoms with Gasteiger partial charge in [0.15, 0.2) is 0 Å². The maximum absolute atomic E-state index is 6.71. The Morgan fingerprint density at radius 3 is 2.42 bits per heavy atom. The summed E-state index contributed by atoms with van der Waals surface area (Å²) in [7, 11) is 0. The minimum atomic E-state index is -0.218. The van der Waals surface area contributed by atoms with Gasteiger partial charge in [-0.2, -0.15) is 0 Å². The van der Waals surface area contributed by atoms with Crippen molar-refractivity contribution in [2.24, 2.45) is 10.8 Å². The van der Waals surface area contributed by atoms with Crippen molar-refractivity contribution < 1.29 is 9.47 Å². The van der Waals surface area contributed by atoms with E-state index >= 15 is 0 Å². The Bertz CT molecular complexity index is 451. The van der Waals surface area contributed by atoms with E-state index in [0.29, 0.717) is 17.0 Å². The Hall–Kier alpha value is 0.690. The lowest BCUT2D eigenvalue weighted by molar-refractivity contribution is -0.0597. The van der Waals surface area contributed by atoms with Crippen molar-refractivity contribution >= 4 is 27.5 Å². The number of rotatable bonds is 0. The summed E-state index contributed by atoms with van der Waals surface area (Å²) in [6.45, 7) is 9.18. The molecule has 2 aliphatic heterocycles. The topological polar surface area (TPSA) is 21.8 Å². The highest BCUT2D eigenvalue weighted by Gasteiger charge is 2.82. The third kappa shape index (κ3) is 1.28. The van der Waals surface area contributed by atoms with Gasteiger partial charge in [-0.25, -0.2) is 0 Å². The fourth-order valence-corrected chi connectivity index (χ4v) is 6.34. The molecule has 19 heavy (non-hydrogen) atoms. The molecule has 2 saturated heterocycles.